The second-order valence-corrected chi connectivity index (χ2v) is 4.57. The molecule has 4 nitrogen and oxygen atoms in total. The molecule has 108 valence electrons. The zero-order valence-electron chi connectivity index (χ0n) is 10.8. The molecule has 0 fully saturated rings. The Labute approximate surface area is 113 Å². The maximum atomic E-state index is 12.6. The fourth-order valence-corrected chi connectivity index (χ4v) is 1.67. The van der Waals surface area contributed by atoms with Crippen LogP contribution < -0.4 is 5.32 Å². The molecule has 0 amide bonds. The Balaban J connectivity index is 3.12. The SMILES string of the molecule is CC(C)[C@@H](Nc1ccc(C(F)(F)F)c(C#N)c1)C(=O)O. The van der Waals surface area contributed by atoms with Crippen molar-refractivity contribution in [3.63, 3.8) is 0 Å². The van der Waals surface area contributed by atoms with Crippen molar-refractivity contribution in [1.29, 1.82) is 5.26 Å². The fourth-order valence-electron chi connectivity index (χ4n) is 1.67. The topological polar surface area (TPSA) is 73.1 Å². The second-order valence-electron chi connectivity index (χ2n) is 4.57. The van der Waals surface area contributed by atoms with Crippen molar-refractivity contribution in [3.05, 3.63) is 29.3 Å². The predicted octanol–water partition coefficient (Wildman–Crippen LogP) is 3.10. The minimum atomic E-state index is -4.62. The van der Waals surface area contributed by atoms with Gasteiger partial charge in [-0.2, -0.15) is 18.4 Å². The third-order valence-electron chi connectivity index (χ3n) is 2.70. The van der Waals surface area contributed by atoms with Gasteiger partial charge >= 0.3 is 12.1 Å². The minimum Gasteiger partial charge on any atom is -0.480 e. The molecule has 20 heavy (non-hydrogen) atoms. The van der Waals surface area contributed by atoms with E-state index < -0.39 is 29.3 Å². The normalized spacial score (nSPS) is 12.8. The first-order chi connectivity index (χ1) is 9.16. The summed E-state index contributed by atoms with van der Waals surface area (Å²) in [5, 5.41) is 20.4. The Hall–Kier alpha value is -2.23. The molecule has 0 spiro atoms. The number of carboxylic acid groups (broad SMARTS) is 1. The number of aliphatic carboxylic acids is 1. The number of rotatable bonds is 4. The van der Waals surface area contributed by atoms with Gasteiger partial charge in [0.05, 0.1) is 17.2 Å². The van der Waals surface area contributed by atoms with Gasteiger partial charge in [0.25, 0.3) is 0 Å². The van der Waals surface area contributed by atoms with Crippen LogP contribution in [0.1, 0.15) is 25.0 Å². The molecule has 7 heteroatoms. The van der Waals surface area contributed by atoms with Gasteiger partial charge in [0, 0.05) is 5.69 Å². The molecule has 0 heterocycles. The van der Waals surface area contributed by atoms with Crippen molar-refractivity contribution in [2.24, 2.45) is 5.92 Å². The predicted molar refractivity (Wildman–Crippen MR) is 66.0 cm³/mol. The quantitative estimate of drug-likeness (QED) is 0.892. The van der Waals surface area contributed by atoms with Crippen LogP contribution in [-0.4, -0.2) is 17.1 Å². The van der Waals surface area contributed by atoms with E-state index in [-0.39, 0.29) is 11.6 Å². The highest BCUT2D eigenvalue weighted by Gasteiger charge is 2.33. The zero-order valence-corrected chi connectivity index (χ0v) is 10.8. The highest BCUT2D eigenvalue weighted by Crippen LogP contribution is 2.33. The maximum absolute atomic E-state index is 12.6. The van der Waals surface area contributed by atoms with Gasteiger partial charge in [-0.25, -0.2) is 4.79 Å². The Kier molecular flexibility index (Phi) is 4.61. The number of anilines is 1. The summed E-state index contributed by atoms with van der Waals surface area (Å²) < 4.78 is 37.9. The van der Waals surface area contributed by atoms with Gasteiger partial charge in [-0.3, -0.25) is 0 Å². The van der Waals surface area contributed by atoms with Gasteiger partial charge in [-0.05, 0) is 24.1 Å². The van der Waals surface area contributed by atoms with E-state index in [1.807, 2.05) is 0 Å². The number of halogens is 3. The monoisotopic (exact) mass is 286 g/mol. The fraction of sp³-hybridized carbons (Fsp3) is 0.385. The van der Waals surface area contributed by atoms with Crippen LogP contribution in [0, 0.1) is 17.2 Å². The Morgan fingerprint density at radius 2 is 2.00 bits per heavy atom. The van der Waals surface area contributed by atoms with Crippen LogP contribution in [0.4, 0.5) is 18.9 Å². The number of alkyl halides is 3. The number of hydrogen-bond donors (Lipinski definition) is 2. The number of nitrogens with one attached hydrogen (secondary N) is 1. The van der Waals surface area contributed by atoms with Crippen LogP contribution in [0.5, 0.6) is 0 Å². The summed E-state index contributed by atoms with van der Waals surface area (Å²) >= 11 is 0. The van der Waals surface area contributed by atoms with E-state index in [1.165, 1.54) is 6.07 Å². The lowest BCUT2D eigenvalue weighted by molar-refractivity contribution is -0.139. The highest BCUT2D eigenvalue weighted by atomic mass is 19.4. The number of nitrogens with zero attached hydrogens (tertiary/aromatic N) is 1. The van der Waals surface area contributed by atoms with Crippen molar-refractivity contribution >= 4 is 11.7 Å². The van der Waals surface area contributed by atoms with E-state index >= 15 is 0 Å². The maximum Gasteiger partial charge on any atom is 0.417 e. The molecule has 1 atom stereocenters. The van der Waals surface area contributed by atoms with E-state index in [0.29, 0.717) is 0 Å². The van der Waals surface area contributed by atoms with Crippen molar-refractivity contribution in [2.75, 3.05) is 5.32 Å². The van der Waals surface area contributed by atoms with Crippen LogP contribution in [0.25, 0.3) is 0 Å². The van der Waals surface area contributed by atoms with Crippen molar-refractivity contribution in [1.82, 2.24) is 0 Å². The number of nitriles is 1. The third kappa shape index (κ3) is 3.63. The summed E-state index contributed by atoms with van der Waals surface area (Å²) in [6, 6.07) is 3.40. The zero-order chi connectivity index (χ0) is 15.5. The van der Waals surface area contributed by atoms with Gasteiger partial charge in [0.2, 0.25) is 0 Å². The van der Waals surface area contributed by atoms with Crippen molar-refractivity contribution < 1.29 is 23.1 Å². The summed E-state index contributed by atoms with van der Waals surface area (Å²) in [6.07, 6.45) is -4.62. The van der Waals surface area contributed by atoms with E-state index in [2.05, 4.69) is 5.32 Å². The summed E-state index contributed by atoms with van der Waals surface area (Å²) in [5.74, 6) is -1.38. The van der Waals surface area contributed by atoms with Crippen LogP contribution in [0.2, 0.25) is 0 Å². The van der Waals surface area contributed by atoms with E-state index in [1.54, 1.807) is 13.8 Å². The Bertz CT molecular complexity index is 548. The minimum absolute atomic E-state index is 0.163. The van der Waals surface area contributed by atoms with Gasteiger partial charge < -0.3 is 10.4 Å². The molecule has 1 aromatic carbocycles. The lowest BCUT2D eigenvalue weighted by Crippen LogP contribution is -2.34. The molecule has 1 rings (SSSR count). The van der Waals surface area contributed by atoms with Gasteiger partial charge in [0.1, 0.15) is 6.04 Å². The molecule has 0 saturated heterocycles. The van der Waals surface area contributed by atoms with Crippen LogP contribution in [0.3, 0.4) is 0 Å². The molecule has 0 bridgehead atoms. The first-order valence-corrected chi connectivity index (χ1v) is 5.77. The average molecular weight is 286 g/mol. The Morgan fingerprint density at radius 3 is 2.40 bits per heavy atom. The molecule has 0 aromatic heterocycles. The number of carboxylic acids is 1. The molecule has 0 aliphatic heterocycles. The number of benzene rings is 1. The smallest absolute Gasteiger partial charge is 0.417 e. The largest absolute Gasteiger partial charge is 0.480 e. The van der Waals surface area contributed by atoms with E-state index in [4.69, 9.17) is 10.4 Å². The van der Waals surface area contributed by atoms with Gasteiger partial charge in [-0.15, -0.1) is 0 Å². The number of carbonyl (C=O) groups is 1. The molecule has 2 N–H and O–H groups in total. The third-order valence-corrected chi connectivity index (χ3v) is 2.70. The van der Waals surface area contributed by atoms with Gasteiger partial charge in [0.15, 0.2) is 0 Å². The standard InChI is InChI=1S/C13H13F3N2O2/c1-7(2)11(12(19)20)18-9-3-4-10(13(14,15)16)8(5-9)6-17/h3-5,7,11,18H,1-2H3,(H,19,20)/t11-/m1/s1. The van der Waals surface area contributed by atoms with Crippen molar-refractivity contribution in [3.8, 4) is 6.07 Å². The molecule has 0 saturated carbocycles. The molecule has 0 unspecified atom stereocenters. The molecule has 1 aromatic rings. The highest BCUT2D eigenvalue weighted by molar-refractivity contribution is 5.77. The lowest BCUT2D eigenvalue weighted by Gasteiger charge is -2.20. The van der Waals surface area contributed by atoms with Gasteiger partial charge in [-0.1, -0.05) is 13.8 Å². The molecular formula is C13H13F3N2O2. The van der Waals surface area contributed by atoms with Crippen LogP contribution >= 0.6 is 0 Å². The molecule has 0 radical (unpaired) electrons. The molecule has 0 aliphatic rings. The molecule has 0 aliphatic carbocycles. The summed E-state index contributed by atoms with van der Waals surface area (Å²) in [4.78, 5) is 11.0. The van der Waals surface area contributed by atoms with Crippen molar-refractivity contribution in [2.45, 2.75) is 26.1 Å². The lowest BCUT2D eigenvalue weighted by atomic mass is 10.0. The first-order valence-electron chi connectivity index (χ1n) is 5.77. The second kappa shape index (κ2) is 5.82. The summed E-state index contributed by atoms with van der Waals surface area (Å²) in [6.45, 7) is 3.34. The molecular weight excluding hydrogens is 273 g/mol. The number of hydrogen-bond acceptors (Lipinski definition) is 3. The van der Waals surface area contributed by atoms with Crippen LogP contribution in [0.15, 0.2) is 18.2 Å². The Morgan fingerprint density at radius 1 is 1.40 bits per heavy atom. The van der Waals surface area contributed by atoms with Crippen LogP contribution in [-0.2, 0) is 11.0 Å². The van der Waals surface area contributed by atoms with E-state index in [9.17, 15) is 18.0 Å². The first kappa shape index (κ1) is 15.8. The average Bonchev–Trinajstić information content (AvgIpc) is 2.33. The summed E-state index contributed by atoms with van der Waals surface area (Å²) in [7, 11) is 0. The van der Waals surface area contributed by atoms with E-state index in [0.717, 1.165) is 18.2 Å². The summed E-state index contributed by atoms with van der Waals surface area (Å²) in [5.41, 5.74) is -1.42.